The van der Waals surface area contributed by atoms with E-state index in [1.807, 2.05) is 23.5 Å². The van der Waals surface area contributed by atoms with E-state index in [4.69, 9.17) is 9.97 Å². The molecule has 2 heterocycles. The van der Waals surface area contributed by atoms with Gasteiger partial charge in [-0.25, -0.2) is 9.97 Å². The zero-order valence-electron chi connectivity index (χ0n) is 27.0. The zero-order chi connectivity index (χ0) is 31.9. The maximum absolute atomic E-state index is 5.31. The maximum Gasteiger partial charge on any atom is 0.0973 e. The summed E-state index contributed by atoms with van der Waals surface area (Å²) in [4.78, 5) is 10.6. The van der Waals surface area contributed by atoms with E-state index in [1.165, 1.54) is 53.6 Å². The van der Waals surface area contributed by atoms with E-state index >= 15 is 0 Å². The largest absolute Gasteiger partial charge is 0.244 e. The van der Waals surface area contributed by atoms with Crippen molar-refractivity contribution in [1.82, 2.24) is 9.97 Å². The Morgan fingerprint density at radius 1 is 0.426 bits per heavy atom. The fourth-order valence-electron chi connectivity index (χ4n) is 7.50. The van der Waals surface area contributed by atoms with Gasteiger partial charge in [-0.2, -0.15) is 0 Å². The highest BCUT2D eigenvalue weighted by Crippen LogP contribution is 2.55. The molecule has 9 rings (SSSR count). The van der Waals surface area contributed by atoms with Crippen molar-refractivity contribution in [2.75, 3.05) is 0 Å². The molecule has 0 fully saturated rings. The molecule has 0 N–H and O–H groups in total. The summed E-state index contributed by atoms with van der Waals surface area (Å²) in [5.74, 6) is 0. The lowest BCUT2D eigenvalue weighted by Crippen LogP contribution is -2.43. The van der Waals surface area contributed by atoms with Gasteiger partial charge in [-0.15, -0.1) is 11.3 Å². The van der Waals surface area contributed by atoms with Crippen LogP contribution in [0.4, 0.5) is 0 Å². The first kappa shape index (κ1) is 28.1. The van der Waals surface area contributed by atoms with Crippen molar-refractivity contribution in [3.8, 4) is 44.8 Å². The van der Waals surface area contributed by atoms with Crippen LogP contribution in [0, 0.1) is 0 Å². The minimum atomic E-state index is -0.138. The molecule has 3 heteroatoms. The molecule has 0 atom stereocenters. The standard InChI is InChI=1S/C44H34N2S/c1-43(2)35-24-28(27-12-6-5-7-13-27)18-21-31(35)32-22-19-29(25-36(32)44(43,3)4)41-42(46-38-16-10-9-15-37(38)45-41)30-20-23-34-33-14-8-11-17-39(33)47-40(34)26-30/h5-26H,1-4H3. The molecule has 0 saturated carbocycles. The SMILES string of the molecule is CC1(C)c2cc(-c3ccccc3)ccc2-c2ccc(-c3nc4ccccc4nc3-c3ccc4c(c3)sc3ccccc34)cc2C1(C)C. The number of para-hydroxylation sites is 2. The summed E-state index contributed by atoms with van der Waals surface area (Å²) in [6, 6.07) is 48.3. The second-order valence-electron chi connectivity index (χ2n) is 13.9. The summed E-state index contributed by atoms with van der Waals surface area (Å²) < 4.78 is 2.57. The molecule has 2 nitrogen and oxygen atoms in total. The lowest BCUT2D eigenvalue weighted by Gasteiger charge is -2.48. The molecule has 0 spiro atoms. The zero-order valence-corrected chi connectivity index (χ0v) is 27.8. The molecule has 1 aliphatic rings. The van der Waals surface area contributed by atoms with Gasteiger partial charge < -0.3 is 0 Å². The minimum absolute atomic E-state index is 0.108. The Balaban J connectivity index is 1.24. The molecule has 6 aromatic carbocycles. The topological polar surface area (TPSA) is 25.8 Å². The number of aromatic nitrogens is 2. The predicted molar refractivity (Wildman–Crippen MR) is 200 cm³/mol. The molecule has 0 radical (unpaired) electrons. The second kappa shape index (κ2) is 10.2. The maximum atomic E-state index is 5.31. The van der Waals surface area contributed by atoms with Crippen molar-refractivity contribution >= 4 is 42.5 Å². The smallest absolute Gasteiger partial charge is 0.0973 e. The number of hydrogen-bond acceptors (Lipinski definition) is 3. The van der Waals surface area contributed by atoms with Crippen molar-refractivity contribution < 1.29 is 0 Å². The van der Waals surface area contributed by atoms with Crippen LogP contribution in [-0.4, -0.2) is 9.97 Å². The van der Waals surface area contributed by atoms with Crippen molar-refractivity contribution in [3.63, 3.8) is 0 Å². The number of rotatable bonds is 3. The predicted octanol–water partition coefficient (Wildman–Crippen LogP) is 12.2. The third-order valence-electron chi connectivity index (χ3n) is 10.8. The van der Waals surface area contributed by atoms with Crippen LogP contribution in [0.2, 0.25) is 0 Å². The van der Waals surface area contributed by atoms with Crippen LogP contribution in [0.1, 0.15) is 38.8 Å². The van der Waals surface area contributed by atoms with Gasteiger partial charge in [-0.05, 0) is 80.6 Å². The molecular weight excluding hydrogens is 589 g/mol. The molecular formula is C44H34N2S. The van der Waals surface area contributed by atoms with E-state index < -0.39 is 0 Å². The Hall–Kier alpha value is -5.12. The lowest BCUT2D eigenvalue weighted by atomic mass is 9.55. The molecule has 2 aromatic heterocycles. The third-order valence-corrected chi connectivity index (χ3v) is 12.0. The summed E-state index contributed by atoms with van der Waals surface area (Å²) >= 11 is 1.84. The van der Waals surface area contributed by atoms with Crippen LogP contribution in [-0.2, 0) is 10.8 Å². The van der Waals surface area contributed by atoms with Gasteiger partial charge in [0.1, 0.15) is 0 Å². The van der Waals surface area contributed by atoms with Crippen molar-refractivity contribution in [2.24, 2.45) is 0 Å². The van der Waals surface area contributed by atoms with Crippen LogP contribution in [0.25, 0.3) is 76.0 Å². The molecule has 0 bridgehead atoms. The van der Waals surface area contributed by atoms with E-state index in [-0.39, 0.29) is 10.8 Å². The monoisotopic (exact) mass is 622 g/mol. The van der Waals surface area contributed by atoms with Gasteiger partial charge in [0.05, 0.1) is 22.4 Å². The van der Waals surface area contributed by atoms with E-state index in [9.17, 15) is 0 Å². The van der Waals surface area contributed by atoms with E-state index in [1.54, 1.807) is 0 Å². The Morgan fingerprint density at radius 3 is 1.62 bits per heavy atom. The lowest BCUT2D eigenvalue weighted by molar-refractivity contribution is 0.299. The van der Waals surface area contributed by atoms with Gasteiger partial charge in [-0.1, -0.05) is 125 Å². The van der Waals surface area contributed by atoms with Crippen LogP contribution < -0.4 is 0 Å². The molecule has 47 heavy (non-hydrogen) atoms. The van der Waals surface area contributed by atoms with Gasteiger partial charge in [-0.3, -0.25) is 0 Å². The second-order valence-corrected chi connectivity index (χ2v) is 14.9. The Labute approximate surface area is 279 Å². The summed E-state index contributed by atoms with van der Waals surface area (Å²) in [7, 11) is 0. The molecule has 0 saturated heterocycles. The highest BCUT2D eigenvalue weighted by molar-refractivity contribution is 7.25. The number of hydrogen-bond donors (Lipinski definition) is 0. The van der Waals surface area contributed by atoms with Gasteiger partial charge >= 0.3 is 0 Å². The average Bonchev–Trinajstić information content (AvgIpc) is 3.48. The molecule has 1 aliphatic carbocycles. The number of fused-ring (bicyclic) bond motifs is 7. The number of nitrogens with zero attached hydrogens (tertiary/aromatic N) is 2. The van der Waals surface area contributed by atoms with Gasteiger partial charge in [0, 0.05) is 31.3 Å². The third kappa shape index (κ3) is 4.23. The van der Waals surface area contributed by atoms with Crippen molar-refractivity contribution in [1.29, 1.82) is 0 Å². The van der Waals surface area contributed by atoms with Gasteiger partial charge in [0.15, 0.2) is 0 Å². The molecule has 226 valence electrons. The van der Waals surface area contributed by atoms with Crippen LogP contribution in [0.5, 0.6) is 0 Å². The Morgan fingerprint density at radius 2 is 0.936 bits per heavy atom. The normalized spacial score (nSPS) is 14.7. The molecule has 8 aromatic rings. The van der Waals surface area contributed by atoms with E-state index in [2.05, 4.69) is 149 Å². The molecule has 0 aliphatic heterocycles. The van der Waals surface area contributed by atoms with Crippen LogP contribution >= 0.6 is 11.3 Å². The summed E-state index contributed by atoms with van der Waals surface area (Å²) in [5, 5.41) is 2.59. The highest BCUT2D eigenvalue weighted by Gasteiger charge is 2.46. The fourth-order valence-corrected chi connectivity index (χ4v) is 8.64. The Kier molecular flexibility index (Phi) is 6.10. The van der Waals surface area contributed by atoms with Crippen molar-refractivity contribution in [3.05, 3.63) is 145 Å². The highest BCUT2D eigenvalue weighted by atomic mass is 32.1. The first-order chi connectivity index (χ1) is 22.8. The van der Waals surface area contributed by atoms with Crippen molar-refractivity contribution in [2.45, 2.75) is 38.5 Å². The summed E-state index contributed by atoms with van der Waals surface area (Å²) in [6.45, 7) is 9.60. The van der Waals surface area contributed by atoms with Crippen LogP contribution in [0.3, 0.4) is 0 Å². The first-order valence-corrected chi connectivity index (χ1v) is 17.1. The molecule has 0 unspecified atom stereocenters. The fraction of sp³-hybridized carbons (Fsp3) is 0.136. The van der Waals surface area contributed by atoms with Gasteiger partial charge in [0.25, 0.3) is 0 Å². The Bertz CT molecular complexity index is 2520. The average molecular weight is 623 g/mol. The van der Waals surface area contributed by atoms with E-state index in [0.29, 0.717) is 0 Å². The molecule has 0 amide bonds. The minimum Gasteiger partial charge on any atom is -0.244 e. The first-order valence-electron chi connectivity index (χ1n) is 16.3. The summed E-state index contributed by atoms with van der Waals surface area (Å²) in [6.07, 6.45) is 0. The number of benzene rings is 6. The van der Waals surface area contributed by atoms with Gasteiger partial charge in [0.2, 0.25) is 0 Å². The van der Waals surface area contributed by atoms with Crippen LogP contribution in [0.15, 0.2) is 133 Å². The quantitative estimate of drug-likeness (QED) is 0.196. The van der Waals surface area contributed by atoms with E-state index in [0.717, 1.165) is 33.5 Å². The summed E-state index contributed by atoms with van der Waals surface area (Å²) in [5.41, 5.74) is 13.5. The number of thiophene rings is 1.